The van der Waals surface area contributed by atoms with E-state index in [4.69, 9.17) is 16.3 Å². The number of halogens is 1. The van der Waals surface area contributed by atoms with Crippen molar-refractivity contribution in [3.05, 3.63) is 29.3 Å². The Balaban J connectivity index is 2.34. The van der Waals surface area contributed by atoms with Gasteiger partial charge in [-0.1, -0.05) is 37.1 Å². The molecule has 1 aromatic carbocycles. The predicted octanol–water partition coefficient (Wildman–Crippen LogP) is 2.83. The normalized spacial score (nSPS) is 11.7. The van der Waals surface area contributed by atoms with Gasteiger partial charge in [0.15, 0.2) is 0 Å². The molecule has 0 spiro atoms. The first kappa shape index (κ1) is 16.4. The van der Waals surface area contributed by atoms with Gasteiger partial charge in [-0.3, -0.25) is 0 Å². The molecule has 6 heteroatoms. The Morgan fingerprint density at radius 2 is 1.89 bits per heavy atom. The number of benzene rings is 1. The molecule has 1 aromatic rings. The topological polar surface area (TPSA) is 55.4 Å². The molecular weight excluding hydrogens is 286 g/mol. The predicted molar refractivity (Wildman–Crippen MR) is 77.0 cm³/mol. The zero-order chi connectivity index (χ0) is 14.1. The molecule has 0 saturated heterocycles. The van der Waals surface area contributed by atoms with Crippen LogP contribution in [-0.2, 0) is 14.8 Å². The minimum absolute atomic E-state index is 0.114. The maximum atomic E-state index is 12.0. The molecule has 0 heterocycles. The number of hydrogen-bond acceptors (Lipinski definition) is 3. The maximum Gasteiger partial charge on any atom is 0.242 e. The molecule has 4 nitrogen and oxygen atoms in total. The fourth-order valence-electron chi connectivity index (χ4n) is 1.47. The summed E-state index contributed by atoms with van der Waals surface area (Å²) >= 11 is 5.86. The van der Waals surface area contributed by atoms with E-state index in [1.165, 1.54) is 6.07 Å². The highest BCUT2D eigenvalue weighted by atomic mass is 35.5. The highest BCUT2D eigenvalue weighted by molar-refractivity contribution is 7.89. The molecule has 0 aliphatic heterocycles. The van der Waals surface area contributed by atoms with Crippen molar-refractivity contribution in [3.63, 3.8) is 0 Å². The third kappa shape index (κ3) is 5.91. The van der Waals surface area contributed by atoms with Crippen LogP contribution in [-0.4, -0.2) is 28.2 Å². The summed E-state index contributed by atoms with van der Waals surface area (Å²) in [6, 6.07) is 6.39. The van der Waals surface area contributed by atoms with Gasteiger partial charge in [-0.25, -0.2) is 13.1 Å². The van der Waals surface area contributed by atoms with Gasteiger partial charge in [0.1, 0.15) is 4.90 Å². The molecule has 108 valence electrons. The number of ether oxygens (including phenoxy) is 1. The lowest BCUT2D eigenvalue weighted by Crippen LogP contribution is -2.25. The molecule has 0 aliphatic rings. The summed E-state index contributed by atoms with van der Waals surface area (Å²) in [6.07, 6.45) is 2.78. The molecule has 0 aromatic heterocycles. The van der Waals surface area contributed by atoms with Crippen molar-refractivity contribution in [2.24, 2.45) is 0 Å². The second-order valence-electron chi connectivity index (χ2n) is 4.15. The first-order valence-corrected chi connectivity index (χ1v) is 8.26. The maximum absolute atomic E-state index is 12.0. The molecule has 0 atom stereocenters. The molecule has 0 bridgehead atoms. The van der Waals surface area contributed by atoms with E-state index in [9.17, 15) is 8.42 Å². The van der Waals surface area contributed by atoms with E-state index in [0.717, 1.165) is 19.4 Å². The number of unbranched alkanes of at least 4 members (excludes halogenated alkanes) is 1. The first-order valence-electron chi connectivity index (χ1n) is 6.40. The minimum Gasteiger partial charge on any atom is -0.381 e. The fourth-order valence-corrected chi connectivity index (χ4v) is 3.06. The fraction of sp³-hybridized carbons (Fsp3) is 0.538. The Labute approximate surface area is 120 Å². The van der Waals surface area contributed by atoms with Gasteiger partial charge in [0, 0.05) is 19.8 Å². The molecule has 19 heavy (non-hydrogen) atoms. The summed E-state index contributed by atoms with van der Waals surface area (Å²) in [7, 11) is -3.53. The molecule has 0 radical (unpaired) electrons. The minimum atomic E-state index is -3.53. The monoisotopic (exact) mass is 305 g/mol. The molecule has 1 rings (SSSR count). The van der Waals surface area contributed by atoms with E-state index >= 15 is 0 Å². The summed E-state index contributed by atoms with van der Waals surface area (Å²) in [4.78, 5) is 0.114. The molecule has 0 saturated carbocycles. The van der Waals surface area contributed by atoms with E-state index < -0.39 is 10.0 Å². The van der Waals surface area contributed by atoms with Gasteiger partial charge in [-0.2, -0.15) is 0 Å². The van der Waals surface area contributed by atoms with Gasteiger partial charge >= 0.3 is 0 Å². The van der Waals surface area contributed by atoms with Gasteiger partial charge in [-0.15, -0.1) is 0 Å². The average Bonchev–Trinajstić information content (AvgIpc) is 2.38. The number of sulfonamides is 1. The van der Waals surface area contributed by atoms with Crippen LogP contribution in [0.1, 0.15) is 26.2 Å². The Hall–Kier alpha value is -0.620. The van der Waals surface area contributed by atoms with Crippen molar-refractivity contribution in [3.8, 4) is 0 Å². The smallest absolute Gasteiger partial charge is 0.242 e. The van der Waals surface area contributed by atoms with Crippen LogP contribution in [0.2, 0.25) is 5.02 Å². The largest absolute Gasteiger partial charge is 0.381 e. The van der Waals surface area contributed by atoms with Crippen LogP contribution >= 0.6 is 11.6 Å². The van der Waals surface area contributed by atoms with Crippen molar-refractivity contribution in [1.29, 1.82) is 0 Å². The van der Waals surface area contributed by atoms with Crippen molar-refractivity contribution in [1.82, 2.24) is 4.72 Å². The standard InChI is InChI=1S/C13H20ClNO3S/c1-2-3-10-18-11-6-9-15-19(16,17)13-8-5-4-7-12(13)14/h4-5,7-8,15H,2-3,6,9-11H2,1H3. The molecule has 1 N–H and O–H groups in total. The van der Waals surface area contributed by atoms with Crippen molar-refractivity contribution >= 4 is 21.6 Å². The molecule has 0 fully saturated rings. The third-order valence-corrected chi connectivity index (χ3v) is 4.49. The van der Waals surface area contributed by atoms with Gasteiger partial charge in [0.05, 0.1) is 5.02 Å². The summed E-state index contributed by atoms with van der Waals surface area (Å²) in [6.45, 7) is 3.74. The van der Waals surface area contributed by atoms with E-state index in [1.54, 1.807) is 18.2 Å². The van der Waals surface area contributed by atoms with Gasteiger partial charge < -0.3 is 4.74 Å². The van der Waals surface area contributed by atoms with Crippen molar-refractivity contribution in [2.45, 2.75) is 31.1 Å². The second-order valence-corrected chi connectivity index (χ2v) is 6.29. The highest BCUT2D eigenvalue weighted by Gasteiger charge is 2.16. The number of rotatable bonds is 9. The van der Waals surface area contributed by atoms with Gasteiger partial charge in [-0.05, 0) is 25.0 Å². The summed E-state index contributed by atoms with van der Waals surface area (Å²) in [5.41, 5.74) is 0. The van der Waals surface area contributed by atoms with Crippen molar-refractivity contribution < 1.29 is 13.2 Å². The summed E-state index contributed by atoms with van der Waals surface area (Å²) in [5.74, 6) is 0. The van der Waals surface area contributed by atoms with E-state index in [-0.39, 0.29) is 9.92 Å². The van der Waals surface area contributed by atoms with Crippen LogP contribution in [0.4, 0.5) is 0 Å². The van der Waals surface area contributed by atoms with Crippen molar-refractivity contribution in [2.75, 3.05) is 19.8 Å². The Morgan fingerprint density at radius 3 is 2.58 bits per heavy atom. The van der Waals surface area contributed by atoms with Crippen LogP contribution in [0.25, 0.3) is 0 Å². The lowest BCUT2D eigenvalue weighted by atomic mass is 10.4. The molecule has 0 amide bonds. The zero-order valence-corrected chi connectivity index (χ0v) is 12.6. The number of nitrogens with one attached hydrogen (secondary N) is 1. The van der Waals surface area contributed by atoms with Crippen LogP contribution in [0.15, 0.2) is 29.2 Å². The molecular formula is C13H20ClNO3S. The van der Waals surface area contributed by atoms with Crippen LogP contribution in [0.5, 0.6) is 0 Å². The second kappa shape index (κ2) is 8.53. The SMILES string of the molecule is CCCCOCCCNS(=O)(=O)c1ccccc1Cl. The van der Waals surface area contributed by atoms with E-state index in [1.807, 2.05) is 0 Å². The van der Waals surface area contributed by atoms with E-state index in [2.05, 4.69) is 11.6 Å². The lowest BCUT2D eigenvalue weighted by molar-refractivity contribution is 0.130. The zero-order valence-electron chi connectivity index (χ0n) is 11.1. The molecule has 0 unspecified atom stereocenters. The van der Waals surface area contributed by atoms with Gasteiger partial charge in [0.25, 0.3) is 0 Å². The third-order valence-electron chi connectivity index (χ3n) is 2.53. The Morgan fingerprint density at radius 1 is 1.21 bits per heavy atom. The summed E-state index contributed by atoms with van der Waals surface area (Å²) < 4.78 is 31.8. The summed E-state index contributed by atoms with van der Waals surface area (Å²) in [5, 5.41) is 0.231. The Kier molecular flexibility index (Phi) is 7.38. The Bertz CT molecular complexity index is 477. The van der Waals surface area contributed by atoms with E-state index in [0.29, 0.717) is 19.6 Å². The number of hydrogen-bond donors (Lipinski definition) is 1. The lowest BCUT2D eigenvalue weighted by Gasteiger charge is -2.08. The van der Waals surface area contributed by atoms with Crippen LogP contribution in [0, 0.1) is 0 Å². The van der Waals surface area contributed by atoms with Crippen LogP contribution in [0.3, 0.4) is 0 Å². The average molecular weight is 306 g/mol. The highest BCUT2D eigenvalue weighted by Crippen LogP contribution is 2.19. The van der Waals surface area contributed by atoms with Gasteiger partial charge in [0.2, 0.25) is 10.0 Å². The van der Waals surface area contributed by atoms with Crippen LogP contribution < -0.4 is 4.72 Å². The molecule has 0 aliphatic carbocycles. The first-order chi connectivity index (χ1) is 9.08. The quantitative estimate of drug-likeness (QED) is 0.714.